The highest BCUT2D eigenvalue weighted by molar-refractivity contribution is 7.92. The Morgan fingerprint density at radius 2 is 2.05 bits per heavy atom. The molecule has 8 nitrogen and oxygen atoms in total. The summed E-state index contributed by atoms with van der Waals surface area (Å²) in [6, 6.07) is 6.35. The van der Waals surface area contributed by atoms with E-state index in [2.05, 4.69) is 4.98 Å². The van der Waals surface area contributed by atoms with Crippen LogP contribution < -0.4 is 9.46 Å². The average Bonchev–Trinajstić information content (AvgIpc) is 2.95. The smallest absolute Gasteiger partial charge is 0.340 e. The van der Waals surface area contributed by atoms with Gasteiger partial charge in [-0.2, -0.15) is 4.72 Å². The van der Waals surface area contributed by atoms with Crippen molar-refractivity contribution in [2.24, 2.45) is 0 Å². The van der Waals surface area contributed by atoms with Crippen LogP contribution in [-0.4, -0.2) is 36.6 Å². The normalized spacial score (nSPS) is 12.3. The number of nitrogens with zero attached hydrogens (tertiary/aromatic N) is 1. The molecule has 0 saturated heterocycles. The van der Waals surface area contributed by atoms with E-state index in [0.717, 1.165) is 11.3 Å². The molecule has 0 aromatic carbocycles. The average molecular weight is 364 g/mol. The lowest BCUT2D eigenvalue weighted by atomic mass is 10.2. The Kier molecular flexibility index (Phi) is 5.00. The quantitative estimate of drug-likeness (QED) is 0.658. The van der Waals surface area contributed by atoms with Gasteiger partial charge in [0, 0.05) is 22.7 Å². The number of ether oxygens (including phenoxy) is 1. The summed E-state index contributed by atoms with van der Waals surface area (Å²) < 4.78 is 41.4. The molecule has 0 bridgehead atoms. The van der Waals surface area contributed by atoms with E-state index >= 15 is 0 Å². The first kappa shape index (κ1) is 17.1. The molecule has 0 unspecified atom stereocenters. The lowest BCUT2D eigenvalue weighted by molar-refractivity contribution is 0.371. The Hall–Kier alpha value is -1.29. The molecule has 11 heteroatoms. The molecule has 2 rings (SSSR count). The van der Waals surface area contributed by atoms with Crippen LogP contribution >= 0.6 is 18.9 Å². The van der Waals surface area contributed by atoms with Crippen LogP contribution in [-0.2, 0) is 14.6 Å². The van der Waals surface area contributed by atoms with Crippen LogP contribution in [0.15, 0.2) is 34.7 Å². The molecule has 0 aliphatic heterocycles. The first-order chi connectivity index (χ1) is 10.2. The maximum absolute atomic E-state index is 11.9. The van der Waals surface area contributed by atoms with Gasteiger partial charge in [0.05, 0.1) is 7.11 Å². The lowest BCUT2D eigenvalue weighted by Gasteiger charge is -2.05. The summed E-state index contributed by atoms with van der Waals surface area (Å²) in [6.07, 6.45) is 0.608. The summed E-state index contributed by atoms with van der Waals surface area (Å²) >= 11 is 0.973. The number of aromatic nitrogens is 1. The van der Waals surface area contributed by atoms with Crippen LogP contribution in [0, 0.1) is 0 Å². The van der Waals surface area contributed by atoms with Gasteiger partial charge in [0.2, 0.25) is 5.88 Å². The highest BCUT2D eigenvalue weighted by Gasteiger charge is 2.22. The number of thiophene rings is 1. The number of sulfonamides is 1. The SMILES string of the molecule is COc1ccc(-c2ccc(S(=O)(=O)NCP(=O)(O)O)s2)cn1. The van der Waals surface area contributed by atoms with Gasteiger partial charge < -0.3 is 14.5 Å². The van der Waals surface area contributed by atoms with Crippen molar-refractivity contribution in [2.75, 3.05) is 13.4 Å². The monoisotopic (exact) mass is 364 g/mol. The molecule has 0 atom stereocenters. The van der Waals surface area contributed by atoms with E-state index in [0.29, 0.717) is 16.3 Å². The summed E-state index contributed by atoms with van der Waals surface area (Å²) in [7, 11) is -6.92. The Labute approximate surface area is 131 Å². The van der Waals surface area contributed by atoms with Crippen molar-refractivity contribution >= 4 is 29.0 Å². The zero-order chi connectivity index (χ0) is 16.4. The molecular formula is C11H13N2O6PS2. The van der Waals surface area contributed by atoms with Gasteiger partial charge >= 0.3 is 7.60 Å². The minimum absolute atomic E-state index is 0.0354. The molecule has 0 aliphatic carbocycles. The molecule has 0 aliphatic rings. The Morgan fingerprint density at radius 1 is 1.32 bits per heavy atom. The van der Waals surface area contributed by atoms with Crippen molar-refractivity contribution in [1.82, 2.24) is 9.71 Å². The van der Waals surface area contributed by atoms with Gasteiger partial charge in [-0.25, -0.2) is 13.4 Å². The van der Waals surface area contributed by atoms with Gasteiger partial charge in [0.15, 0.2) is 0 Å². The Morgan fingerprint density at radius 3 is 2.59 bits per heavy atom. The highest BCUT2D eigenvalue weighted by Crippen LogP contribution is 2.34. The first-order valence-electron chi connectivity index (χ1n) is 5.86. The predicted octanol–water partition coefficient (Wildman–Crippen LogP) is 1.23. The Bertz CT molecular complexity index is 796. The largest absolute Gasteiger partial charge is 0.481 e. The predicted molar refractivity (Wildman–Crippen MR) is 81.3 cm³/mol. The van der Waals surface area contributed by atoms with E-state index < -0.39 is 23.9 Å². The second-order valence-corrected chi connectivity index (χ2v) is 8.90. The second kappa shape index (κ2) is 6.45. The molecule has 2 heterocycles. The third-order valence-corrected chi connectivity index (χ3v) is 6.35. The van der Waals surface area contributed by atoms with Crippen molar-refractivity contribution < 1.29 is 27.5 Å². The van der Waals surface area contributed by atoms with Crippen molar-refractivity contribution in [3.63, 3.8) is 0 Å². The molecule has 2 aromatic rings. The second-order valence-electron chi connectivity index (χ2n) is 4.18. The summed E-state index contributed by atoms with van der Waals surface area (Å²) in [4.78, 5) is 22.1. The fourth-order valence-corrected chi connectivity index (χ4v) is 4.86. The highest BCUT2D eigenvalue weighted by atomic mass is 32.2. The van der Waals surface area contributed by atoms with Crippen LogP contribution in [0.5, 0.6) is 5.88 Å². The van der Waals surface area contributed by atoms with E-state index in [1.54, 1.807) is 24.4 Å². The van der Waals surface area contributed by atoms with Crippen LogP contribution in [0.4, 0.5) is 0 Å². The van der Waals surface area contributed by atoms with E-state index in [9.17, 15) is 13.0 Å². The number of methoxy groups -OCH3 is 1. The van der Waals surface area contributed by atoms with Crippen molar-refractivity contribution in [1.29, 1.82) is 0 Å². The maximum Gasteiger partial charge on any atom is 0.340 e. The molecule has 0 saturated carbocycles. The zero-order valence-corrected chi connectivity index (χ0v) is 13.9. The van der Waals surface area contributed by atoms with Crippen molar-refractivity contribution in [2.45, 2.75) is 4.21 Å². The van der Waals surface area contributed by atoms with E-state index in [1.807, 2.05) is 4.72 Å². The van der Waals surface area contributed by atoms with E-state index in [-0.39, 0.29) is 4.21 Å². The third-order valence-electron chi connectivity index (χ3n) is 2.54. The number of pyridine rings is 1. The molecule has 120 valence electrons. The molecule has 22 heavy (non-hydrogen) atoms. The molecule has 0 radical (unpaired) electrons. The van der Waals surface area contributed by atoms with Gasteiger partial charge in [-0.3, -0.25) is 4.57 Å². The van der Waals surface area contributed by atoms with Gasteiger partial charge in [0.25, 0.3) is 10.0 Å². The summed E-state index contributed by atoms with van der Waals surface area (Å²) in [6.45, 7) is 0. The molecule has 0 fully saturated rings. The molecule has 0 amide bonds. The standard InChI is InChI=1S/C11H13N2O6PS2/c1-19-10-4-2-8(6-12-10)9-3-5-11(21-9)22(17,18)13-7-20(14,15)16/h2-6,13H,7H2,1H3,(H2,14,15,16). The number of hydrogen-bond acceptors (Lipinski definition) is 6. The number of nitrogens with one attached hydrogen (secondary N) is 1. The van der Waals surface area contributed by atoms with Crippen LogP contribution in [0.3, 0.4) is 0 Å². The van der Waals surface area contributed by atoms with Crippen LogP contribution in [0.25, 0.3) is 10.4 Å². The number of hydrogen-bond donors (Lipinski definition) is 3. The van der Waals surface area contributed by atoms with E-state index in [1.165, 1.54) is 13.2 Å². The lowest BCUT2D eigenvalue weighted by Crippen LogP contribution is -2.23. The van der Waals surface area contributed by atoms with Crippen LogP contribution in [0.1, 0.15) is 0 Å². The van der Waals surface area contributed by atoms with Gasteiger partial charge in [0.1, 0.15) is 10.5 Å². The topological polar surface area (TPSA) is 126 Å². The number of rotatable bonds is 6. The molecule has 0 spiro atoms. The van der Waals surface area contributed by atoms with Gasteiger partial charge in [-0.15, -0.1) is 11.3 Å². The fraction of sp³-hybridized carbons (Fsp3) is 0.182. The van der Waals surface area contributed by atoms with Gasteiger partial charge in [-0.1, -0.05) is 0 Å². The minimum atomic E-state index is -4.45. The minimum Gasteiger partial charge on any atom is -0.481 e. The third kappa shape index (κ3) is 4.35. The van der Waals surface area contributed by atoms with Gasteiger partial charge in [-0.05, 0) is 18.2 Å². The summed E-state index contributed by atoms with van der Waals surface area (Å²) in [5.41, 5.74) is 0.710. The van der Waals surface area contributed by atoms with Crippen molar-refractivity contribution in [3.8, 4) is 16.3 Å². The maximum atomic E-state index is 11.9. The molecule has 2 aromatic heterocycles. The summed E-state index contributed by atoms with van der Waals surface area (Å²) in [5, 5.41) is 0. The first-order valence-corrected chi connectivity index (χ1v) is 9.95. The summed E-state index contributed by atoms with van der Waals surface area (Å²) in [5.74, 6) is 0.441. The molecule has 3 N–H and O–H groups in total. The fourth-order valence-electron chi connectivity index (χ4n) is 1.51. The Balaban J connectivity index is 2.21. The molecular weight excluding hydrogens is 351 g/mol. The van der Waals surface area contributed by atoms with E-state index in [4.69, 9.17) is 14.5 Å². The zero-order valence-electron chi connectivity index (χ0n) is 11.3. The van der Waals surface area contributed by atoms with Crippen molar-refractivity contribution in [3.05, 3.63) is 30.5 Å². The van der Waals surface area contributed by atoms with Crippen LogP contribution in [0.2, 0.25) is 0 Å².